The number of hydrogen-bond donors (Lipinski definition) is 2. The molecule has 1 aliphatic heterocycles. The number of anilines is 4. The topological polar surface area (TPSA) is 76.3 Å². The zero-order valence-corrected chi connectivity index (χ0v) is 13.0. The van der Waals surface area contributed by atoms with Gasteiger partial charge in [-0.3, -0.25) is 0 Å². The van der Waals surface area contributed by atoms with Crippen LogP contribution in [0.5, 0.6) is 0 Å². The average Bonchev–Trinajstić information content (AvgIpc) is 2.52. The van der Waals surface area contributed by atoms with Crippen LogP contribution in [0.25, 0.3) is 0 Å². The van der Waals surface area contributed by atoms with Gasteiger partial charge in [-0.1, -0.05) is 6.07 Å². The van der Waals surface area contributed by atoms with Gasteiger partial charge in [0.2, 0.25) is 5.95 Å². The fourth-order valence-corrected chi connectivity index (χ4v) is 2.53. The van der Waals surface area contributed by atoms with Crippen molar-refractivity contribution in [3.05, 3.63) is 35.7 Å². The van der Waals surface area contributed by atoms with Gasteiger partial charge in [0, 0.05) is 24.5 Å². The van der Waals surface area contributed by atoms with Crippen LogP contribution in [0.1, 0.15) is 11.3 Å². The molecule has 0 radical (unpaired) electrons. The summed E-state index contributed by atoms with van der Waals surface area (Å²) < 4.78 is 5.38. The molecule has 1 aliphatic rings. The van der Waals surface area contributed by atoms with Gasteiger partial charge in [-0.25, -0.2) is 9.97 Å². The number of nitrogens with two attached hydrogens (primary N) is 1. The van der Waals surface area contributed by atoms with Crippen LogP contribution in [0, 0.1) is 13.8 Å². The number of hydrogen-bond acceptors (Lipinski definition) is 6. The number of nitrogen functional groups attached to an aromatic ring is 1. The number of nitrogens with zero attached hydrogens (tertiary/aromatic N) is 3. The van der Waals surface area contributed by atoms with Crippen LogP contribution in [0.4, 0.5) is 23.0 Å². The second-order valence-electron chi connectivity index (χ2n) is 5.46. The molecule has 0 saturated carbocycles. The lowest BCUT2D eigenvalue weighted by molar-refractivity contribution is 0.122. The third kappa shape index (κ3) is 3.12. The first-order chi connectivity index (χ1) is 10.6. The zero-order valence-electron chi connectivity index (χ0n) is 13.0. The Kier molecular flexibility index (Phi) is 4.11. The predicted octanol–water partition coefficient (Wildman–Crippen LogP) is 2.26. The normalized spacial score (nSPS) is 14.9. The number of rotatable bonds is 3. The van der Waals surface area contributed by atoms with E-state index in [0.29, 0.717) is 5.95 Å². The lowest BCUT2D eigenvalue weighted by atomic mass is 10.2. The number of morpholine rings is 1. The van der Waals surface area contributed by atoms with Crippen LogP contribution in [0.3, 0.4) is 0 Å². The molecule has 1 fully saturated rings. The summed E-state index contributed by atoms with van der Waals surface area (Å²) >= 11 is 0. The van der Waals surface area contributed by atoms with Gasteiger partial charge in [0.15, 0.2) is 0 Å². The number of nitrogens with one attached hydrogen (secondary N) is 1. The molecule has 1 aromatic heterocycles. The molecular weight excluding hydrogens is 278 g/mol. The largest absolute Gasteiger partial charge is 0.399 e. The van der Waals surface area contributed by atoms with Crippen molar-refractivity contribution in [3.63, 3.8) is 0 Å². The maximum atomic E-state index is 5.83. The lowest BCUT2D eigenvalue weighted by Gasteiger charge is -2.29. The molecule has 0 spiro atoms. The molecule has 1 aromatic carbocycles. The Morgan fingerprint density at radius 1 is 1.23 bits per heavy atom. The minimum atomic E-state index is 0.586. The van der Waals surface area contributed by atoms with Crippen molar-refractivity contribution < 1.29 is 4.74 Å². The van der Waals surface area contributed by atoms with E-state index >= 15 is 0 Å². The average molecular weight is 299 g/mol. The van der Waals surface area contributed by atoms with Crippen LogP contribution >= 0.6 is 0 Å². The molecule has 0 atom stereocenters. The van der Waals surface area contributed by atoms with Crippen LogP contribution in [0.15, 0.2) is 24.4 Å². The molecule has 0 unspecified atom stereocenters. The summed E-state index contributed by atoms with van der Waals surface area (Å²) in [5.41, 5.74) is 10.6. The zero-order chi connectivity index (χ0) is 15.5. The minimum Gasteiger partial charge on any atom is -0.399 e. The SMILES string of the molecule is Cc1ccc(N)cc1Nc1ncc(N2CCOCC2)c(C)n1. The van der Waals surface area contributed by atoms with E-state index < -0.39 is 0 Å². The summed E-state index contributed by atoms with van der Waals surface area (Å²) in [7, 11) is 0. The fraction of sp³-hybridized carbons (Fsp3) is 0.375. The maximum absolute atomic E-state index is 5.83. The molecule has 1 saturated heterocycles. The first-order valence-corrected chi connectivity index (χ1v) is 7.43. The molecule has 0 bridgehead atoms. The van der Waals surface area contributed by atoms with E-state index in [9.17, 15) is 0 Å². The van der Waals surface area contributed by atoms with E-state index in [1.165, 1.54) is 0 Å². The Labute approximate surface area is 130 Å². The van der Waals surface area contributed by atoms with Gasteiger partial charge in [0.1, 0.15) is 0 Å². The quantitative estimate of drug-likeness (QED) is 0.847. The highest BCUT2D eigenvalue weighted by atomic mass is 16.5. The van der Waals surface area contributed by atoms with E-state index in [0.717, 1.165) is 54.6 Å². The van der Waals surface area contributed by atoms with Gasteiger partial charge in [-0.05, 0) is 31.5 Å². The van der Waals surface area contributed by atoms with Crippen molar-refractivity contribution >= 4 is 23.0 Å². The Bertz CT molecular complexity index is 668. The molecule has 6 nitrogen and oxygen atoms in total. The third-order valence-corrected chi connectivity index (χ3v) is 3.81. The molecule has 0 aliphatic carbocycles. The lowest BCUT2D eigenvalue weighted by Crippen LogP contribution is -2.36. The standard InChI is InChI=1S/C16H21N5O/c1-11-3-4-13(17)9-14(11)20-16-18-10-15(12(2)19-16)21-5-7-22-8-6-21/h3-4,9-10H,5-8,17H2,1-2H3,(H,18,19,20). The van der Waals surface area contributed by atoms with Crippen LogP contribution in [0.2, 0.25) is 0 Å². The van der Waals surface area contributed by atoms with Crippen molar-refractivity contribution in [3.8, 4) is 0 Å². The Morgan fingerprint density at radius 3 is 2.73 bits per heavy atom. The summed E-state index contributed by atoms with van der Waals surface area (Å²) in [5, 5.41) is 3.24. The van der Waals surface area contributed by atoms with Crippen LogP contribution in [-0.4, -0.2) is 36.3 Å². The van der Waals surface area contributed by atoms with Gasteiger partial charge in [0.25, 0.3) is 0 Å². The highest BCUT2D eigenvalue weighted by Crippen LogP contribution is 2.24. The van der Waals surface area contributed by atoms with Crippen molar-refractivity contribution in [1.82, 2.24) is 9.97 Å². The van der Waals surface area contributed by atoms with Crippen LogP contribution < -0.4 is 16.0 Å². The summed E-state index contributed by atoms with van der Waals surface area (Å²) in [6, 6.07) is 5.75. The number of aryl methyl sites for hydroxylation is 2. The second kappa shape index (κ2) is 6.19. The highest BCUT2D eigenvalue weighted by molar-refractivity contribution is 5.64. The summed E-state index contributed by atoms with van der Waals surface area (Å²) in [5.74, 6) is 0.586. The molecule has 116 valence electrons. The number of aromatic nitrogens is 2. The summed E-state index contributed by atoms with van der Waals surface area (Å²) in [4.78, 5) is 11.3. The second-order valence-corrected chi connectivity index (χ2v) is 5.46. The maximum Gasteiger partial charge on any atom is 0.227 e. The van der Waals surface area contributed by atoms with E-state index in [1.54, 1.807) is 0 Å². The molecule has 2 heterocycles. The Morgan fingerprint density at radius 2 is 2.00 bits per heavy atom. The van der Waals surface area contributed by atoms with Gasteiger partial charge >= 0.3 is 0 Å². The predicted molar refractivity (Wildman–Crippen MR) is 88.7 cm³/mol. The molecule has 2 aromatic rings. The van der Waals surface area contributed by atoms with Gasteiger partial charge in [-0.15, -0.1) is 0 Å². The smallest absolute Gasteiger partial charge is 0.227 e. The van der Waals surface area contributed by atoms with E-state index in [2.05, 4.69) is 20.2 Å². The minimum absolute atomic E-state index is 0.586. The molecule has 22 heavy (non-hydrogen) atoms. The van der Waals surface area contributed by atoms with Crippen molar-refractivity contribution in [1.29, 1.82) is 0 Å². The monoisotopic (exact) mass is 299 g/mol. The first-order valence-electron chi connectivity index (χ1n) is 7.43. The van der Waals surface area contributed by atoms with Gasteiger partial charge < -0.3 is 20.7 Å². The third-order valence-electron chi connectivity index (χ3n) is 3.81. The molecule has 0 amide bonds. The molecule has 6 heteroatoms. The van der Waals surface area contributed by atoms with Gasteiger partial charge in [-0.2, -0.15) is 0 Å². The molecule has 3 rings (SSSR count). The van der Waals surface area contributed by atoms with Gasteiger partial charge in [0.05, 0.1) is 30.8 Å². The van der Waals surface area contributed by atoms with Crippen LogP contribution in [-0.2, 0) is 4.74 Å². The first kappa shape index (κ1) is 14.6. The Hall–Kier alpha value is -2.34. The van der Waals surface area contributed by atoms with Crippen molar-refractivity contribution in [2.45, 2.75) is 13.8 Å². The highest BCUT2D eigenvalue weighted by Gasteiger charge is 2.15. The summed E-state index contributed by atoms with van der Waals surface area (Å²) in [6.45, 7) is 7.29. The van der Waals surface area contributed by atoms with E-state index in [1.807, 2.05) is 38.2 Å². The van der Waals surface area contributed by atoms with E-state index in [-0.39, 0.29) is 0 Å². The molecular formula is C16H21N5O. The van der Waals surface area contributed by atoms with E-state index in [4.69, 9.17) is 10.5 Å². The Balaban J connectivity index is 1.81. The number of ether oxygens (including phenoxy) is 1. The fourth-order valence-electron chi connectivity index (χ4n) is 2.53. The van der Waals surface area contributed by atoms with Crippen molar-refractivity contribution in [2.24, 2.45) is 0 Å². The summed E-state index contributed by atoms with van der Waals surface area (Å²) in [6.07, 6.45) is 1.87. The molecule has 3 N–H and O–H groups in total. The van der Waals surface area contributed by atoms with Crippen molar-refractivity contribution in [2.75, 3.05) is 42.3 Å². The number of benzene rings is 1.